The van der Waals surface area contributed by atoms with Gasteiger partial charge in [-0.1, -0.05) is 103 Å². The third-order valence-corrected chi connectivity index (χ3v) is 10.5. The Labute approximate surface area is 332 Å². The van der Waals surface area contributed by atoms with Crippen LogP contribution in [0.4, 0.5) is 0 Å². The zero-order valence-electron chi connectivity index (χ0n) is 34.6. The number of hydrogen-bond acceptors (Lipinski definition) is 10. The summed E-state index contributed by atoms with van der Waals surface area (Å²) in [6.07, 6.45) is 27.3. The predicted octanol–water partition coefficient (Wildman–Crippen LogP) is 10.4. The molecule has 0 bridgehead atoms. The lowest BCUT2D eigenvalue weighted by Gasteiger charge is -2.19. The Kier molecular flexibility index (Phi) is 29.8. The number of carbonyl (C=O) groups is 3. The monoisotopic (exact) mass is 796 g/mol. The fourth-order valence-electron chi connectivity index (χ4n) is 6.07. The normalized spacial score (nSPS) is 13.4. The molecule has 12 heteroatoms. The molecule has 11 nitrogen and oxygen atoms in total. The maximum atomic E-state index is 12.6. The van der Waals surface area contributed by atoms with Crippen molar-refractivity contribution in [3.63, 3.8) is 0 Å². The number of phosphoric ester groups is 1. The first-order chi connectivity index (χ1) is 26.5. The van der Waals surface area contributed by atoms with Crippen molar-refractivity contribution in [1.29, 1.82) is 0 Å². The summed E-state index contributed by atoms with van der Waals surface area (Å²) in [5.41, 5.74) is 7.95. The number of aryl methyl sites for hydroxylation is 2. The Hall–Kier alpha value is -2.56. The summed E-state index contributed by atoms with van der Waals surface area (Å²) in [6, 6.07) is 0. The Morgan fingerprint density at radius 3 is 1.91 bits per heavy atom. The van der Waals surface area contributed by atoms with Crippen molar-refractivity contribution in [2.45, 2.75) is 181 Å². The standard InChI is InChI=1S/C43H74NO10P/c1-5-7-8-9-12-16-21-27-38(45)28-22-17-15-20-24-30-42(46)50-34-39(35-52-55(48,49)51-33-32-44)53-43(47)31-25-19-14-11-10-13-18-23-29-41-37(4)36(3)40(54-41)26-6-2/h12,16,21,27,39H,5-11,13-15,17-20,22-26,28-35,44H2,1-4H3,(H,48,49)/b16-12-,27-21+/t39-/m1/s1. The van der Waals surface area contributed by atoms with E-state index in [-0.39, 0.29) is 38.4 Å². The summed E-state index contributed by atoms with van der Waals surface area (Å²) >= 11 is 0. The van der Waals surface area contributed by atoms with Crippen LogP contribution >= 0.6 is 7.82 Å². The first-order valence-corrected chi connectivity index (χ1v) is 22.6. The van der Waals surface area contributed by atoms with Gasteiger partial charge in [0.2, 0.25) is 0 Å². The minimum atomic E-state index is -4.41. The van der Waals surface area contributed by atoms with Crippen LogP contribution in [0.2, 0.25) is 0 Å². The molecule has 0 aliphatic carbocycles. The molecule has 0 amide bonds. The van der Waals surface area contributed by atoms with Crippen LogP contribution in [0, 0.1) is 13.8 Å². The molecule has 1 unspecified atom stereocenters. The number of furan rings is 1. The van der Waals surface area contributed by atoms with Crippen molar-refractivity contribution in [3.05, 3.63) is 47.0 Å². The molecular formula is C43H74NO10P. The van der Waals surface area contributed by atoms with Gasteiger partial charge in [-0.2, -0.15) is 0 Å². The van der Waals surface area contributed by atoms with Crippen molar-refractivity contribution in [3.8, 4) is 0 Å². The third-order valence-electron chi connectivity index (χ3n) is 9.49. The number of phosphoric acid groups is 1. The fourth-order valence-corrected chi connectivity index (χ4v) is 6.84. The zero-order valence-corrected chi connectivity index (χ0v) is 35.5. The Bertz CT molecular complexity index is 1290. The minimum absolute atomic E-state index is 0.0294. The van der Waals surface area contributed by atoms with E-state index in [1.165, 1.54) is 43.2 Å². The first-order valence-electron chi connectivity index (χ1n) is 21.1. The molecule has 0 fully saturated rings. The zero-order chi connectivity index (χ0) is 40.6. The van der Waals surface area contributed by atoms with Gasteiger partial charge in [-0.05, 0) is 76.0 Å². The van der Waals surface area contributed by atoms with Crippen LogP contribution in [0.3, 0.4) is 0 Å². The predicted molar refractivity (Wildman–Crippen MR) is 219 cm³/mol. The van der Waals surface area contributed by atoms with Crippen molar-refractivity contribution in [2.75, 3.05) is 26.4 Å². The van der Waals surface area contributed by atoms with E-state index in [2.05, 4.69) is 33.8 Å². The average molecular weight is 796 g/mol. The largest absolute Gasteiger partial charge is 0.472 e. The highest BCUT2D eigenvalue weighted by atomic mass is 31.2. The van der Waals surface area contributed by atoms with Crippen LogP contribution in [0.25, 0.3) is 0 Å². The highest BCUT2D eigenvalue weighted by Gasteiger charge is 2.26. The van der Waals surface area contributed by atoms with E-state index in [0.717, 1.165) is 95.0 Å². The van der Waals surface area contributed by atoms with E-state index in [1.807, 2.05) is 12.2 Å². The quantitative estimate of drug-likeness (QED) is 0.0218. The molecule has 0 saturated heterocycles. The average Bonchev–Trinajstić information content (AvgIpc) is 3.42. The summed E-state index contributed by atoms with van der Waals surface area (Å²) in [7, 11) is -4.41. The maximum Gasteiger partial charge on any atom is 0.472 e. The molecule has 1 heterocycles. The number of unbranched alkanes of at least 4 members (excludes halogenated alkanes) is 14. The minimum Gasteiger partial charge on any atom is -0.466 e. The second-order valence-corrected chi connectivity index (χ2v) is 15.9. The van der Waals surface area contributed by atoms with Gasteiger partial charge in [-0.15, -0.1) is 0 Å². The molecule has 2 atom stereocenters. The van der Waals surface area contributed by atoms with Gasteiger partial charge in [0.25, 0.3) is 0 Å². The number of allylic oxidation sites excluding steroid dienone is 4. The van der Waals surface area contributed by atoms with Gasteiger partial charge in [0.15, 0.2) is 11.9 Å². The molecule has 0 aliphatic rings. The van der Waals surface area contributed by atoms with Crippen LogP contribution in [-0.4, -0.2) is 55.1 Å². The van der Waals surface area contributed by atoms with Gasteiger partial charge in [0, 0.05) is 38.6 Å². The second kappa shape index (κ2) is 32.5. The summed E-state index contributed by atoms with van der Waals surface area (Å²) in [4.78, 5) is 46.9. The Balaban J connectivity index is 2.29. The SMILES string of the molecule is CCCCC/C=C\C=C\C(=O)CCCCCCCC(=O)OC[C@H](COP(=O)(O)OCCN)OC(=O)CCCCCCCCCCc1oc(CCC)c(C)c1C. The second-order valence-electron chi connectivity index (χ2n) is 14.5. The molecule has 0 saturated carbocycles. The Morgan fingerprint density at radius 1 is 0.709 bits per heavy atom. The number of hydrogen-bond donors (Lipinski definition) is 2. The van der Waals surface area contributed by atoms with Crippen LogP contribution < -0.4 is 5.73 Å². The number of esters is 2. The summed E-state index contributed by atoms with van der Waals surface area (Å²) in [5.74, 6) is 1.45. The van der Waals surface area contributed by atoms with E-state index in [4.69, 9.17) is 28.7 Å². The molecule has 0 aliphatic heterocycles. The van der Waals surface area contributed by atoms with Gasteiger partial charge in [0.1, 0.15) is 18.1 Å². The van der Waals surface area contributed by atoms with Crippen molar-refractivity contribution in [1.82, 2.24) is 0 Å². The molecular weight excluding hydrogens is 721 g/mol. The van der Waals surface area contributed by atoms with Gasteiger partial charge in [-0.3, -0.25) is 23.4 Å². The molecule has 1 aromatic rings. The van der Waals surface area contributed by atoms with E-state index in [0.29, 0.717) is 19.3 Å². The van der Waals surface area contributed by atoms with Gasteiger partial charge < -0.3 is 24.5 Å². The summed E-state index contributed by atoms with van der Waals surface area (Å²) < 4.78 is 38.8. The number of rotatable bonds is 36. The molecule has 1 rings (SSSR count). The molecule has 0 aromatic carbocycles. The van der Waals surface area contributed by atoms with Crippen molar-refractivity contribution >= 4 is 25.5 Å². The maximum absolute atomic E-state index is 12.6. The topological polar surface area (TPSA) is 165 Å². The fraction of sp³-hybridized carbons (Fsp3) is 0.744. The molecule has 3 N–H and O–H groups in total. The number of ketones is 1. The Morgan fingerprint density at radius 2 is 1.29 bits per heavy atom. The molecule has 316 valence electrons. The van der Waals surface area contributed by atoms with Crippen LogP contribution in [0.1, 0.15) is 171 Å². The highest BCUT2D eigenvalue weighted by Crippen LogP contribution is 2.43. The summed E-state index contributed by atoms with van der Waals surface area (Å²) in [6.45, 7) is 7.74. The van der Waals surface area contributed by atoms with E-state index in [1.54, 1.807) is 6.08 Å². The number of ether oxygens (including phenoxy) is 2. The van der Waals surface area contributed by atoms with E-state index < -0.39 is 32.5 Å². The lowest BCUT2D eigenvalue weighted by molar-refractivity contribution is -0.161. The lowest BCUT2D eigenvalue weighted by Crippen LogP contribution is -2.29. The van der Waals surface area contributed by atoms with E-state index in [9.17, 15) is 23.8 Å². The smallest absolute Gasteiger partial charge is 0.466 e. The van der Waals surface area contributed by atoms with Crippen molar-refractivity contribution < 1.29 is 46.8 Å². The van der Waals surface area contributed by atoms with Crippen molar-refractivity contribution in [2.24, 2.45) is 5.73 Å². The number of nitrogens with two attached hydrogens (primary N) is 1. The lowest BCUT2D eigenvalue weighted by atomic mass is 10.0. The van der Waals surface area contributed by atoms with E-state index >= 15 is 0 Å². The third kappa shape index (κ3) is 26.8. The first kappa shape index (κ1) is 50.5. The van der Waals surface area contributed by atoms with Crippen LogP contribution in [0.5, 0.6) is 0 Å². The molecule has 0 radical (unpaired) electrons. The highest BCUT2D eigenvalue weighted by molar-refractivity contribution is 7.47. The van der Waals surface area contributed by atoms with Gasteiger partial charge in [-0.25, -0.2) is 4.57 Å². The van der Waals surface area contributed by atoms with Gasteiger partial charge in [0.05, 0.1) is 13.2 Å². The van der Waals surface area contributed by atoms with Crippen LogP contribution in [-0.2, 0) is 50.3 Å². The number of carbonyl (C=O) groups excluding carboxylic acids is 3. The molecule has 55 heavy (non-hydrogen) atoms. The van der Waals surface area contributed by atoms with Gasteiger partial charge >= 0.3 is 19.8 Å². The summed E-state index contributed by atoms with van der Waals surface area (Å²) in [5, 5.41) is 0. The molecule has 0 spiro atoms. The molecule has 1 aromatic heterocycles. The van der Waals surface area contributed by atoms with Crippen LogP contribution in [0.15, 0.2) is 28.7 Å².